The fourth-order valence-corrected chi connectivity index (χ4v) is 1.18. The first-order valence-corrected chi connectivity index (χ1v) is 4.87. The minimum atomic E-state index is -0.522. The van der Waals surface area contributed by atoms with Gasteiger partial charge in [-0.15, -0.1) is 0 Å². The SMILES string of the molecule is COC(=O)C=CC(=C=O)c1ccc(OC)cc1. The van der Waals surface area contributed by atoms with Crippen molar-refractivity contribution in [1.82, 2.24) is 0 Å². The number of hydrogen-bond acceptors (Lipinski definition) is 4. The number of esters is 1. The maximum atomic E-state index is 10.9. The van der Waals surface area contributed by atoms with Crippen molar-refractivity contribution in [2.75, 3.05) is 14.2 Å². The molecule has 0 heterocycles. The smallest absolute Gasteiger partial charge is 0.330 e. The molecule has 0 amide bonds. The van der Waals surface area contributed by atoms with Crippen LogP contribution in [0.3, 0.4) is 0 Å². The fourth-order valence-electron chi connectivity index (χ4n) is 1.18. The van der Waals surface area contributed by atoms with Gasteiger partial charge in [0.2, 0.25) is 0 Å². The van der Waals surface area contributed by atoms with Gasteiger partial charge in [0, 0.05) is 6.08 Å². The average molecular weight is 232 g/mol. The highest BCUT2D eigenvalue weighted by Crippen LogP contribution is 2.17. The summed E-state index contributed by atoms with van der Waals surface area (Å²) in [6.45, 7) is 0. The summed E-state index contributed by atoms with van der Waals surface area (Å²) >= 11 is 0. The Hall–Kier alpha value is -2.32. The van der Waals surface area contributed by atoms with E-state index in [9.17, 15) is 9.59 Å². The van der Waals surface area contributed by atoms with Gasteiger partial charge in [-0.2, -0.15) is 0 Å². The predicted octanol–water partition coefficient (Wildman–Crippen LogP) is 1.64. The van der Waals surface area contributed by atoms with Gasteiger partial charge in [-0.25, -0.2) is 9.59 Å². The molecule has 0 saturated heterocycles. The first kappa shape index (κ1) is 12.7. The van der Waals surface area contributed by atoms with E-state index in [4.69, 9.17) is 4.74 Å². The largest absolute Gasteiger partial charge is 0.497 e. The van der Waals surface area contributed by atoms with Gasteiger partial charge < -0.3 is 9.47 Å². The Morgan fingerprint density at radius 1 is 1.18 bits per heavy atom. The summed E-state index contributed by atoms with van der Waals surface area (Å²) in [6.07, 6.45) is 2.53. The van der Waals surface area contributed by atoms with Gasteiger partial charge in [-0.3, -0.25) is 0 Å². The molecule has 4 nitrogen and oxygen atoms in total. The van der Waals surface area contributed by atoms with Crippen LogP contribution in [-0.2, 0) is 14.3 Å². The van der Waals surface area contributed by atoms with E-state index in [-0.39, 0.29) is 5.57 Å². The summed E-state index contributed by atoms with van der Waals surface area (Å²) in [4.78, 5) is 21.7. The Balaban J connectivity index is 2.91. The zero-order valence-corrected chi connectivity index (χ0v) is 9.60. The van der Waals surface area contributed by atoms with Crippen LogP contribution >= 0.6 is 0 Å². The summed E-state index contributed by atoms with van der Waals surface area (Å²) in [5, 5.41) is 0. The Labute approximate surface area is 99.2 Å². The third kappa shape index (κ3) is 3.63. The molecule has 88 valence electrons. The fraction of sp³-hybridized carbons (Fsp3) is 0.154. The number of carbonyl (C=O) groups excluding carboxylic acids is 2. The lowest BCUT2D eigenvalue weighted by atomic mass is 10.1. The van der Waals surface area contributed by atoms with Crippen LogP contribution in [0.15, 0.2) is 36.4 Å². The molecule has 0 unspecified atom stereocenters. The second-order valence-electron chi connectivity index (χ2n) is 3.10. The van der Waals surface area contributed by atoms with Crippen LogP contribution in [0, 0.1) is 0 Å². The maximum Gasteiger partial charge on any atom is 0.330 e. The van der Waals surface area contributed by atoms with E-state index in [0.717, 1.165) is 0 Å². The molecule has 1 aromatic rings. The van der Waals surface area contributed by atoms with Gasteiger partial charge in [-0.1, -0.05) is 0 Å². The molecule has 0 aromatic heterocycles. The van der Waals surface area contributed by atoms with Crippen LogP contribution in [0.2, 0.25) is 0 Å². The molecular weight excluding hydrogens is 220 g/mol. The van der Waals surface area contributed by atoms with Crippen LogP contribution in [0.4, 0.5) is 0 Å². The molecule has 4 heteroatoms. The zero-order valence-electron chi connectivity index (χ0n) is 9.60. The van der Waals surface area contributed by atoms with Crippen molar-refractivity contribution in [3.63, 3.8) is 0 Å². The normalized spacial score (nSPS) is 9.76. The summed E-state index contributed by atoms with van der Waals surface area (Å²) in [6, 6.07) is 6.86. The van der Waals surface area contributed by atoms with E-state index in [1.165, 1.54) is 19.3 Å². The van der Waals surface area contributed by atoms with Crippen LogP contribution in [0.25, 0.3) is 5.57 Å². The first-order valence-electron chi connectivity index (χ1n) is 4.87. The van der Waals surface area contributed by atoms with Crippen molar-refractivity contribution in [3.05, 3.63) is 42.0 Å². The number of carbonyl (C=O) groups is 1. The minimum Gasteiger partial charge on any atom is -0.497 e. The van der Waals surface area contributed by atoms with Gasteiger partial charge in [0.1, 0.15) is 11.7 Å². The summed E-state index contributed by atoms with van der Waals surface area (Å²) in [5.41, 5.74) is 0.930. The number of rotatable bonds is 4. The molecular formula is C13H12O4. The van der Waals surface area contributed by atoms with Gasteiger partial charge in [0.15, 0.2) is 0 Å². The molecule has 0 atom stereocenters. The van der Waals surface area contributed by atoms with Crippen molar-refractivity contribution in [2.24, 2.45) is 0 Å². The number of benzene rings is 1. The lowest BCUT2D eigenvalue weighted by molar-refractivity contribution is -0.134. The van der Waals surface area contributed by atoms with E-state index in [1.807, 2.05) is 0 Å². The quantitative estimate of drug-likeness (QED) is 0.343. The molecule has 0 N–H and O–H groups in total. The van der Waals surface area contributed by atoms with E-state index in [0.29, 0.717) is 11.3 Å². The second kappa shape index (κ2) is 6.30. The number of ether oxygens (including phenoxy) is 2. The highest BCUT2D eigenvalue weighted by Gasteiger charge is 2.01. The molecule has 0 aliphatic heterocycles. The van der Waals surface area contributed by atoms with Crippen molar-refractivity contribution in [2.45, 2.75) is 0 Å². The van der Waals surface area contributed by atoms with E-state index in [2.05, 4.69) is 4.74 Å². The summed E-state index contributed by atoms with van der Waals surface area (Å²) in [5.74, 6) is 1.94. The number of methoxy groups -OCH3 is 2. The third-order valence-electron chi connectivity index (χ3n) is 2.10. The predicted molar refractivity (Wildman–Crippen MR) is 63.3 cm³/mol. The molecule has 0 bridgehead atoms. The van der Waals surface area contributed by atoms with Crippen molar-refractivity contribution in [3.8, 4) is 5.75 Å². The monoisotopic (exact) mass is 232 g/mol. The Morgan fingerprint density at radius 2 is 1.82 bits per heavy atom. The molecule has 0 saturated carbocycles. The van der Waals surface area contributed by atoms with E-state index >= 15 is 0 Å². The Morgan fingerprint density at radius 3 is 2.29 bits per heavy atom. The highest BCUT2D eigenvalue weighted by atomic mass is 16.5. The molecule has 0 spiro atoms. The molecule has 0 fully saturated rings. The van der Waals surface area contributed by atoms with Crippen molar-refractivity contribution in [1.29, 1.82) is 0 Å². The standard InChI is InChI=1S/C13H12O4/c1-16-12-6-3-10(4-7-12)11(9-14)5-8-13(15)17-2/h3-8H,1-2H3. The summed E-state index contributed by atoms with van der Waals surface area (Å²) in [7, 11) is 2.83. The average Bonchev–Trinajstić information content (AvgIpc) is 2.39. The molecule has 0 aliphatic carbocycles. The molecule has 17 heavy (non-hydrogen) atoms. The lowest BCUT2D eigenvalue weighted by Gasteiger charge is -2.01. The van der Waals surface area contributed by atoms with Crippen molar-refractivity contribution >= 4 is 17.5 Å². The van der Waals surface area contributed by atoms with E-state index < -0.39 is 5.97 Å². The zero-order chi connectivity index (χ0) is 12.7. The highest BCUT2D eigenvalue weighted by molar-refractivity contribution is 5.96. The number of hydrogen-bond donors (Lipinski definition) is 0. The van der Waals surface area contributed by atoms with Crippen LogP contribution < -0.4 is 4.74 Å². The lowest BCUT2D eigenvalue weighted by Crippen LogP contribution is -1.94. The van der Waals surface area contributed by atoms with Crippen LogP contribution in [-0.4, -0.2) is 26.1 Å². The van der Waals surface area contributed by atoms with Crippen LogP contribution in [0.1, 0.15) is 5.56 Å². The Kier molecular flexibility index (Phi) is 4.73. The van der Waals surface area contributed by atoms with Crippen molar-refractivity contribution < 1.29 is 19.1 Å². The Bertz CT molecular complexity index is 465. The van der Waals surface area contributed by atoms with Gasteiger partial charge in [0.25, 0.3) is 0 Å². The first-order chi connectivity index (χ1) is 8.21. The molecule has 1 rings (SSSR count). The molecule has 1 aromatic carbocycles. The second-order valence-corrected chi connectivity index (χ2v) is 3.10. The molecule has 0 radical (unpaired) electrons. The topological polar surface area (TPSA) is 52.6 Å². The number of allylic oxidation sites excluding steroid dienone is 2. The molecule has 0 aliphatic rings. The van der Waals surface area contributed by atoms with Gasteiger partial charge in [0.05, 0.1) is 19.8 Å². The minimum absolute atomic E-state index is 0.276. The van der Waals surface area contributed by atoms with Gasteiger partial charge >= 0.3 is 5.97 Å². The van der Waals surface area contributed by atoms with Gasteiger partial charge in [-0.05, 0) is 35.9 Å². The third-order valence-corrected chi connectivity index (χ3v) is 2.10. The van der Waals surface area contributed by atoms with E-state index in [1.54, 1.807) is 37.3 Å². The maximum absolute atomic E-state index is 10.9. The summed E-state index contributed by atoms with van der Waals surface area (Å²) < 4.78 is 9.43. The van der Waals surface area contributed by atoms with Crippen LogP contribution in [0.5, 0.6) is 5.75 Å².